The monoisotopic (exact) mass is 445 g/mol. The molecule has 0 aliphatic carbocycles. The maximum atomic E-state index is 12.7. The van der Waals surface area contributed by atoms with Crippen molar-refractivity contribution in [1.29, 1.82) is 0 Å². The first kappa shape index (κ1) is 21.8. The molecule has 9 heteroatoms. The Morgan fingerprint density at radius 1 is 0.939 bits per heavy atom. The number of methoxy groups -OCH3 is 1. The van der Waals surface area contributed by atoms with Crippen LogP contribution < -0.4 is 21.1 Å². The number of nitrogens with zero attached hydrogens (tertiary/aromatic N) is 3. The van der Waals surface area contributed by atoms with Gasteiger partial charge in [-0.05, 0) is 35.4 Å². The molecule has 0 radical (unpaired) electrons. The topological polar surface area (TPSA) is 107 Å². The molecule has 2 aromatic heterocycles. The molecule has 4 rings (SSSR count). The third-order valence-electron chi connectivity index (χ3n) is 5.05. The fourth-order valence-corrected chi connectivity index (χ4v) is 3.31. The quantitative estimate of drug-likeness (QED) is 0.430. The largest absolute Gasteiger partial charge is 0.497 e. The number of hydrogen-bond donors (Lipinski definition) is 2. The van der Waals surface area contributed by atoms with Gasteiger partial charge in [-0.3, -0.25) is 9.59 Å². The Labute approximate surface area is 189 Å². The molecule has 0 saturated heterocycles. The molecule has 0 atom stereocenters. The number of carbonyl (C=O) groups is 2. The molecule has 0 bridgehead atoms. The van der Waals surface area contributed by atoms with Crippen LogP contribution in [-0.2, 0) is 24.4 Å². The molecule has 2 heterocycles. The van der Waals surface area contributed by atoms with E-state index in [-0.39, 0.29) is 18.4 Å². The number of aromatic nitrogens is 3. The summed E-state index contributed by atoms with van der Waals surface area (Å²) in [4.78, 5) is 37.6. The number of pyridine rings is 1. The van der Waals surface area contributed by atoms with Crippen LogP contribution in [0, 0.1) is 0 Å². The molecular weight excluding hydrogens is 422 g/mol. The summed E-state index contributed by atoms with van der Waals surface area (Å²) in [6, 6.07) is 20.0. The second-order valence-corrected chi connectivity index (χ2v) is 7.38. The Bertz CT molecular complexity index is 1340. The molecule has 2 N–H and O–H groups in total. The maximum Gasteiger partial charge on any atom is 0.350 e. The Balaban J connectivity index is 1.41. The molecule has 0 saturated carbocycles. The predicted molar refractivity (Wildman–Crippen MR) is 122 cm³/mol. The zero-order valence-electron chi connectivity index (χ0n) is 18.0. The zero-order valence-corrected chi connectivity index (χ0v) is 18.0. The third-order valence-corrected chi connectivity index (χ3v) is 5.05. The second-order valence-electron chi connectivity index (χ2n) is 7.38. The van der Waals surface area contributed by atoms with Crippen molar-refractivity contribution in [3.05, 3.63) is 100 Å². The zero-order chi connectivity index (χ0) is 23.2. The first-order valence-electron chi connectivity index (χ1n) is 10.3. The van der Waals surface area contributed by atoms with Crippen molar-refractivity contribution >= 4 is 17.5 Å². The van der Waals surface area contributed by atoms with E-state index in [1.54, 1.807) is 19.2 Å². The molecule has 2 aromatic carbocycles. The number of ether oxygens (including phenoxy) is 1. The van der Waals surface area contributed by atoms with Crippen LogP contribution in [0.3, 0.4) is 0 Å². The van der Waals surface area contributed by atoms with Crippen LogP contribution in [0.1, 0.15) is 21.5 Å². The average Bonchev–Trinajstić information content (AvgIpc) is 3.16. The first-order valence-corrected chi connectivity index (χ1v) is 10.3. The van der Waals surface area contributed by atoms with E-state index in [2.05, 4.69) is 15.7 Å². The number of carbonyl (C=O) groups excluding carboxylic acids is 2. The molecule has 2 amide bonds. The molecule has 33 heavy (non-hydrogen) atoms. The Hall–Kier alpha value is -4.40. The van der Waals surface area contributed by atoms with Crippen LogP contribution in [0.4, 0.5) is 0 Å². The summed E-state index contributed by atoms with van der Waals surface area (Å²) in [6.07, 6.45) is 1.43. The first-order chi connectivity index (χ1) is 16.0. The van der Waals surface area contributed by atoms with Gasteiger partial charge in [0.25, 0.3) is 5.91 Å². The normalized spacial score (nSPS) is 10.7. The fourth-order valence-electron chi connectivity index (χ4n) is 3.31. The fraction of sp³-hybridized carbons (Fsp3) is 0.167. The summed E-state index contributed by atoms with van der Waals surface area (Å²) in [5.74, 6) is 0.0301. The van der Waals surface area contributed by atoms with Crippen LogP contribution in [0.15, 0.2) is 77.7 Å². The highest BCUT2D eigenvalue weighted by atomic mass is 16.5. The molecule has 0 aliphatic rings. The molecule has 0 aliphatic heterocycles. The average molecular weight is 445 g/mol. The van der Waals surface area contributed by atoms with Gasteiger partial charge in [-0.15, -0.1) is 5.10 Å². The van der Waals surface area contributed by atoms with E-state index in [9.17, 15) is 14.4 Å². The van der Waals surface area contributed by atoms with Crippen molar-refractivity contribution in [2.24, 2.45) is 0 Å². The van der Waals surface area contributed by atoms with E-state index >= 15 is 0 Å². The molecule has 4 aromatic rings. The lowest BCUT2D eigenvalue weighted by Crippen LogP contribution is -2.32. The van der Waals surface area contributed by atoms with E-state index < -0.39 is 5.69 Å². The van der Waals surface area contributed by atoms with Gasteiger partial charge in [-0.1, -0.05) is 42.5 Å². The summed E-state index contributed by atoms with van der Waals surface area (Å²) in [5.41, 5.74) is 2.01. The Kier molecular flexibility index (Phi) is 6.49. The van der Waals surface area contributed by atoms with Crippen LogP contribution in [-0.4, -0.2) is 33.1 Å². The lowest BCUT2D eigenvalue weighted by atomic mass is 10.2. The van der Waals surface area contributed by atoms with Crippen LogP contribution in [0.5, 0.6) is 5.75 Å². The number of nitrogens with one attached hydrogen (secondary N) is 2. The van der Waals surface area contributed by atoms with Gasteiger partial charge >= 0.3 is 5.69 Å². The van der Waals surface area contributed by atoms with E-state index in [1.165, 1.54) is 10.6 Å². The minimum Gasteiger partial charge on any atom is -0.497 e. The Morgan fingerprint density at radius 2 is 1.70 bits per heavy atom. The van der Waals surface area contributed by atoms with E-state index in [1.807, 2.05) is 54.6 Å². The molecule has 0 fully saturated rings. The predicted octanol–water partition coefficient (Wildman–Crippen LogP) is 1.75. The number of fused-ring (bicyclic) bond motifs is 1. The van der Waals surface area contributed by atoms with Crippen LogP contribution in [0.25, 0.3) is 5.65 Å². The van der Waals surface area contributed by atoms with Crippen molar-refractivity contribution in [1.82, 2.24) is 24.8 Å². The molecule has 0 unspecified atom stereocenters. The maximum absolute atomic E-state index is 12.7. The van der Waals surface area contributed by atoms with Gasteiger partial charge in [0.2, 0.25) is 5.91 Å². The smallest absolute Gasteiger partial charge is 0.350 e. The number of amides is 2. The lowest BCUT2D eigenvalue weighted by molar-refractivity contribution is -0.122. The van der Waals surface area contributed by atoms with Gasteiger partial charge in [-0.25, -0.2) is 13.9 Å². The molecular formula is C24H23N5O4. The Morgan fingerprint density at radius 3 is 2.48 bits per heavy atom. The summed E-state index contributed by atoms with van der Waals surface area (Å²) in [7, 11) is 1.58. The highest BCUT2D eigenvalue weighted by molar-refractivity contribution is 5.94. The van der Waals surface area contributed by atoms with Crippen molar-refractivity contribution in [3.63, 3.8) is 0 Å². The van der Waals surface area contributed by atoms with Gasteiger partial charge in [0.15, 0.2) is 5.65 Å². The number of benzene rings is 2. The van der Waals surface area contributed by atoms with Crippen molar-refractivity contribution in [2.75, 3.05) is 7.11 Å². The third kappa shape index (κ3) is 5.27. The molecule has 0 spiro atoms. The van der Waals surface area contributed by atoms with Gasteiger partial charge < -0.3 is 15.4 Å². The van der Waals surface area contributed by atoms with Crippen LogP contribution >= 0.6 is 0 Å². The highest BCUT2D eigenvalue weighted by Gasteiger charge is 2.13. The van der Waals surface area contributed by atoms with Gasteiger partial charge in [0.1, 0.15) is 12.3 Å². The van der Waals surface area contributed by atoms with E-state index in [0.717, 1.165) is 15.8 Å². The van der Waals surface area contributed by atoms with Crippen molar-refractivity contribution in [2.45, 2.75) is 19.6 Å². The SMILES string of the molecule is COc1cccc(CNC(=O)Cn2nc3ccc(C(=O)NCc4ccccc4)cn3c2=O)c1. The molecule has 9 nitrogen and oxygen atoms in total. The number of rotatable bonds is 8. The van der Waals surface area contributed by atoms with E-state index in [4.69, 9.17) is 4.74 Å². The van der Waals surface area contributed by atoms with Crippen molar-refractivity contribution in [3.8, 4) is 5.75 Å². The minimum atomic E-state index is -0.501. The van der Waals surface area contributed by atoms with Gasteiger partial charge in [-0.2, -0.15) is 0 Å². The highest BCUT2D eigenvalue weighted by Crippen LogP contribution is 2.12. The minimum absolute atomic E-state index is 0.236. The summed E-state index contributed by atoms with van der Waals surface area (Å²) in [6.45, 7) is 0.434. The standard InChI is InChI=1S/C24H23N5O4/c1-33-20-9-5-8-18(12-20)14-25-22(30)16-29-24(32)28-15-19(10-11-21(28)27-29)23(31)26-13-17-6-3-2-4-7-17/h2-12,15H,13-14,16H2,1H3,(H,25,30)(H,26,31). The van der Waals surface area contributed by atoms with Gasteiger partial charge in [0.05, 0.1) is 12.7 Å². The van der Waals surface area contributed by atoms with Gasteiger partial charge in [0, 0.05) is 19.3 Å². The lowest BCUT2D eigenvalue weighted by Gasteiger charge is -2.06. The summed E-state index contributed by atoms with van der Waals surface area (Å²) >= 11 is 0. The van der Waals surface area contributed by atoms with E-state index in [0.29, 0.717) is 30.0 Å². The number of hydrogen-bond acceptors (Lipinski definition) is 5. The van der Waals surface area contributed by atoms with Crippen molar-refractivity contribution < 1.29 is 14.3 Å². The summed E-state index contributed by atoms with van der Waals surface area (Å²) in [5, 5.41) is 9.77. The second kappa shape index (κ2) is 9.82. The molecule has 168 valence electrons. The van der Waals surface area contributed by atoms with Crippen LogP contribution in [0.2, 0.25) is 0 Å². The summed E-state index contributed by atoms with van der Waals surface area (Å²) < 4.78 is 7.50.